The molecule has 0 aliphatic rings. The summed E-state index contributed by atoms with van der Waals surface area (Å²) in [7, 11) is 1.96. The third kappa shape index (κ3) is 2.89. The van der Waals surface area contributed by atoms with Gasteiger partial charge in [-0.15, -0.1) is 0 Å². The average molecular weight is 135 g/mol. The van der Waals surface area contributed by atoms with Crippen molar-refractivity contribution in [3.63, 3.8) is 0 Å². The summed E-state index contributed by atoms with van der Waals surface area (Å²) in [4.78, 5) is 3.82. The molecule has 0 N–H and O–H groups in total. The van der Waals surface area contributed by atoms with Gasteiger partial charge in [-0.25, -0.2) is 4.57 Å². The molecule has 0 aliphatic carbocycles. The number of aromatic nitrogens is 2. The Morgan fingerprint density at radius 1 is 1.25 bits per heavy atom. The third-order valence-corrected chi connectivity index (χ3v) is 0.776. The fourth-order valence-corrected chi connectivity index (χ4v) is 0.387. The second-order valence-electron chi connectivity index (χ2n) is 1.41. The molecule has 0 aromatic carbocycles. The molecular formula is C5H8KN2+. The first-order chi connectivity index (χ1) is 3.39. The molecule has 1 rings (SSSR count). The van der Waals surface area contributed by atoms with Crippen molar-refractivity contribution in [2.24, 2.45) is 7.05 Å². The molecule has 1 heterocycles. The molecule has 0 aliphatic heterocycles. The van der Waals surface area contributed by atoms with Gasteiger partial charge in [0.15, 0.2) is 12.4 Å². The maximum absolute atomic E-state index is 3.82. The molecule has 1 aromatic heterocycles. The van der Waals surface area contributed by atoms with E-state index in [0.717, 1.165) is 0 Å². The molecule has 0 fully saturated rings. The minimum atomic E-state index is 0. The Kier molecular flexibility index (Phi) is 4.99. The van der Waals surface area contributed by atoms with Crippen LogP contribution in [0.3, 0.4) is 0 Å². The standard InChI is InChI=1S/C5H7N2.K.H/c1-7-4-2-6-3-5-7;;/h2-5H,1H3;;/q+1;;. The number of rotatable bonds is 0. The average Bonchev–Trinajstić information content (AvgIpc) is 1.69. The zero-order valence-corrected chi connectivity index (χ0v) is 4.20. The van der Waals surface area contributed by atoms with E-state index in [4.69, 9.17) is 0 Å². The predicted molar refractivity (Wildman–Crippen MR) is 32.6 cm³/mol. The molecule has 0 spiro atoms. The van der Waals surface area contributed by atoms with Crippen molar-refractivity contribution in [3.8, 4) is 0 Å². The van der Waals surface area contributed by atoms with E-state index in [9.17, 15) is 0 Å². The van der Waals surface area contributed by atoms with Crippen LogP contribution in [-0.2, 0) is 7.05 Å². The monoisotopic (exact) mass is 135 g/mol. The Morgan fingerprint density at radius 2 is 1.75 bits per heavy atom. The topological polar surface area (TPSA) is 16.8 Å². The third-order valence-electron chi connectivity index (χ3n) is 0.776. The van der Waals surface area contributed by atoms with Crippen LogP contribution in [0, 0.1) is 0 Å². The zero-order chi connectivity index (χ0) is 5.11. The van der Waals surface area contributed by atoms with Gasteiger partial charge >= 0.3 is 51.4 Å². The maximum atomic E-state index is 3.82. The molecule has 2 nitrogen and oxygen atoms in total. The molecular weight excluding hydrogens is 127 g/mol. The molecule has 0 radical (unpaired) electrons. The SMILES string of the molecule is C[n+]1ccncc1.[KH]. The second-order valence-corrected chi connectivity index (χ2v) is 1.41. The van der Waals surface area contributed by atoms with Crippen molar-refractivity contribution in [2.45, 2.75) is 0 Å². The Hall–Kier alpha value is 0.716. The van der Waals surface area contributed by atoms with Crippen molar-refractivity contribution in [1.29, 1.82) is 0 Å². The Labute approximate surface area is 91.4 Å². The molecule has 0 unspecified atom stereocenters. The van der Waals surface area contributed by atoms with Gasteiger partial charge in [0.05, 0.1) is 12.4 Å². The summed E-state index contributed by atoms with van der Waals surface area (Å²) in [6, 6.07) is 0. The van der Waals surface area contributed by atoms with E-state index in [1.165, 1.54) is 0 Å². The number of hydrogen-bond acceptors (Lipinski definition) is 1. The second kappa shape index (κ2) is 4.58. The van der Waals surface area contributed by atoms with E-state index in [1.54, 1.807) is 12.4 Å². The fourth-order valence-electron chi connectivity index (χ4n) is 0.387. The van der Waals surface area contributed by atoms with E-state index in [1.807, 2.05) is 24.0 Å². The molecule has 8 heavy (non-hydrogen) atoms. The summed E-state index contributed by atoms with van der Waals surface area (Å²) in [5.74, 6) is 0. The number of aryl methyl sites for hydroxylation is 1. The van der Waals surface area contributed by atoms with Crippen LogP contribution in [0.15, 0.2) is 24.8 Å². The van der Waals surface area contributed by atoms with E-state index in [2.05, 4.69) is 4.98 Å². The van der Waals surface area contributed by atoms with Crippen LogP contribution in [0.5, 0.6) is 0 Å². The summed E-state index contributed by atoms with van der Waals surface area (Å²) in [5, 5.41) is 0. The van der Waals surface area contributed by atoms with E-state index in [-0.39, 0.29) is 51.4 Å². The quantitative estimate of drug-likeness (QED) is 0.338. The van der Waals surface area contributed by atoms with Gasteiger partial charge < -0.3 is 0 Å². The van der Waals surface area contributed by atoms with Crippen LogP contribution < -0.4 is 4.57 Å². The van der Waals surface area contributed by atoms with Gasteiger partial charge in [0.2, 0.25) is 0 Å². The molecule has 1 aromatic rings. The Balaban J connectivity index is 0.000000490. The van der Waals surface area contributed by atoms with Crippen LogP contribution in [0.2, 0.25) is 0 Å². The van der Waals surface area contributed by atoms with Crippen molar-refractivity contribution in [2.75, 3.05) is 0 Å². The summed E-state index contributed by atoms with van der Waals surface area (Å²) >= 11 is 0. The van der Waals surface area contributed by atoms with E-state index >= 15 is 0 Å². The summed E-state index contributed by atoms with van der Waals surface area (Å²) in [6.07, 6.45) is 7.28. The first-order valence-electron chi connectivity index (χ1n) is 2.15. The number of hydrogen-bond donors (Lipinski definition) is 0. The molecule has 0 bridgehead atoms. The predicted octanol–water partition coefficient (Wildman–Crippen LogP) is -0.742. The van der Waals surface area contributed by atoms with Crippen molar-refractivity contribution in [1.82, 2.24) is 4.98 Å². The molecule has 38 valence electrons. The molecule has 0 atom stereocenters. The summed E-state index contributed by atoms with van der Waals surface area (Å²) in [5.41, 5.74) is 0. The van der Waals surface area contributed by atoms with Gasteiger partial charge in [-0.3, -0.25) is 4.98 Å². The van der Waals surface area contributed by atoms with E-state index in [0.29, 0.717) is 0 Å². The van der Waals surface area contributed by atoms with Crippen LogP contribution in [0.4, 0.5) is 0 Å². The van der Waals surface area contributed by atoms with Gasteiger partial charge in [0, 0.05) is 0 Å². The number of nitrogens with zero attached hydrogens (tertiary/aromatic N) is 2. The summed E-state index contributed by atoms with van der Waals surface area (Å²) < 4.78 is 1.94. The first-order valence-corrected chi connectivity index (χ1v) is 2.15. The van der Waals surface area contributed by atoms with Crippen molar-refractivity contribution in [3.05, 3.63) is 24.8 Å². The van der Waals surface area contributed by atoms with Crippen molar-refractivity contribution >= 4 is 51.4 Å². The molecule has 0 saturated heterocycles. The minimum absolute atomic E-state index is 0. The van der Waals surface area contributed by atoms with Crippen LogP contribution >= 0.6 is 0 Å². The first kappa shape index (κ1) is 8.72. The Bertz CT molecular complexity index is 140. The van der Waals surface area contributed by atoms with Gasteiger partial charge in [-0.1, -0.05) is 0 Å². The normalized spacial score (nSPS) is 7.62. The van der Waals surface area contributed by atoms with Gasteiger partial charge in [0.25, 0.3) is 0 Å². The van der Waals surface area contributed by atoms with Gasteiger partial charge in [-0.05, 0) is 0 Å². The van der Waals surface area contributed by atoms with Crippen molar-refractivity contribution < 1.29 is 4.57 Å². The molecule has 0 amide bonds. The van der Waals surface area contributed by atoms with Gasteiger partial charge in [-0.2, -0.15) is 0 Å². The van der Waals surface area contributed by atoms with Crippen LogP contribution in [-0.4, -0.2) is 56.4 Å². The molecule has 0 saturated carbocycles. The fraction of sp³-hybridized carbons (Fsp3) is 0.200. The molecule has 3 heteroatoms. The van der Waals surface area contributed by atoms with Gasteiger partial charge in [0.1, 0.15) is 7.05 Å². The van der Waals surface area contributed by atoms with Crippen LogP contribution in [0.25, 0.3) is 0 Å². The summed E-state index contributed by atoms with van der Waals surface area (Å²) in [6.45, 7) is 0. The van der Waals surface area contributed by atoms with Crippen LogP contribution in [0.1, 0.15) is 0 Å². The van der Waals surface area contributed by atoms with E-state index < -0.39 is 0 Å². The zero-order valence-electron chi connectivity index (χ0n) is 4.20. The Morgan fingerprint density at radius 3 is 2.00 bits per heavy atom.